The van der Waals surface area contributed by atoms with E-state index < -0.39 is 17.8 Å². The zero-order chi connectivity index (χ0) is 22.7. The maximum atomic E-state index is 13.9. The summed E-state index contributed by atoms with van der Waals surface area (Å²) >= 11 is 0. The van der Waals surface area contributed by atoms with Gasteiger partial charge in [-0.2, -0.15) is 14.8 Å². The molecule has 1 aromatic carbocycles. The molecule has 0 saturated carbocycles. The highest BCUT2D eigenvalue weighted by atomic mass is 19.1. The van der Waals surface area contributed by atoms with Crippen LogP contribution in [0.3, 0.4) is 0 Å². The Hall–Kier alpha value is -3.84. The second-order valence-electron chi connectivity index (χ2n) is 7.65. The zero-order valence-electron chi connectivity index (χ0n) is 17.1. The van der Waals surface area contributed by atoms with E-state index in [2.05, 4.69) is 21.5 Å². The van der Waals surface area contributed by atoms with Gasteiger partial charge in [0.05, 0.1) is 18.0 Å². The number of carbonyl (C=O) groups excluding carboxylic acids is 1. The molecule has 2 aromatic heterocycles. The largest absolute Gasteiger partial charge is 0.365 e. The number of benzene rings is 1. The molecule has 0 radical (unpaired) electrons. The van der Waals surface area contributed by atoms with E-state index in [1.807, 2.05) is 4.90 Å². The van der Waals surface area contributed by atoms with E-state index in [9.17, 15) is 18.8 Å². The second kappa shape index (κ2) is 9.11. The van der Waals surface area contributed by atoms with Crippen molar-refractivity contribution in [1.82, 2.24) is 19.7 Å². The average molecular weight is 437 g/mol. The smallest absolute Gasteiger partial charge is 0.254 e. The molecule has 3 N–H and O–H groups in total. The molecule has 2 atom stereocenters. The Morgan fingerprint density at radius 1 is 1.28 bits per heavy atom. The van der Waals surface area contributed by atoms with Crippen LogP contribution in [-0.4, -0.2) is 38.7 Å². The van der Waals surface area contributed by atoms with Gasteiger partial charge in [-0.3, -0.25) is 14.4 Å². The van der Waals surface area contributed by atoms with Gasteiger partial charge in [-0.05, 0) is 36.8 Å². The number of anilines is 2. The van der Waals surface area contributed by atoms with Crippen molar-refractivity contribution in [3.05, 3.63) is 71.7 Å². The fourth-order valence-corrected chi connectivity index (χ4v) is 3.88. The molecule has 2 unspecified atom stereocenters. The van der Waals surface area contributed by atoms with Crippen LogP contribution in [0.4, 0.5) is 20.3 Å². The van der Waals surface area contributed by atoms with Gasteiger partial charge in [0.15, 0.2) is 5.82 Å². The van der Waals surface area contributed by atoms with Crippen LogP contribution in [0.15, 0.2) is 48.8 Å². The summed E-state index contributed by atoms with van der Waals surface area (Å²) in [6.45, 7) is 1.39. The lowest BCUT2D eigenvalue weighted by molar-refractivity contribution is 0.100. The van der Waals surface area contributed by atoms with E-state index in [-0.39, 0.29) is 23.2 Å². The Bertz CT molecular complexity index is 1160. The van der Waals surface area contributed by atoms with Crippen LogP contribution in [-0.2, 0) is 6.54 Å². The van der Waals surface area contributed by atoms with Crippen LogP contribution in [0, 0.1) is 29.0 Å². The van der Waals surface area contributed by atoms with Crippen molar-refractivity contribution in [1.29, 1.82) is 5.26 Å². The number of primary amides is 1. The fraction of sp³-hybridized carbons (Fsp3) is 0.273. The molecular formula is C22H21F2N7O. The van der Waals surface area contributed by atoms with Gasteiger partial charge < -0.3 is 11.1 Å². The Balaban J connectivity index is 1.52. The van der Waals surface area contributed by atoms with Gasteiger partial charge >= 0.3 is 0 Å². The molecule has 32 heavy (non-hydrogen) atoms. The molecule has 4 rings (SSSR count). The van der Waals surface area contributed by atoms with Crippen molar-refractivity contribution in [2.45, 2.75) is 19.0 Å². The zero-order valence-corrected chi connectivity index (χ0v) is 17.1. The normalized spacial score (nSPS) is 18.8. The van der Waals surface area contributed by atoms with E-state index in [4.69, 9.17) is 5.73 Å². The summed E-state index contributed by atoms with van der Waals surface area (Å²) in [4.78, 5) is 17.6. The minimum Gasteiger partial charge on any atom is -0.365 e. The first-order chi connectivity index (χ1) is 15.4. The predicted octanol–water partition coefficient (Wildman–Crippen LogP) is 2.99. The maximum Gasteiger partial charge on any atom is 0.254 e. The first-order valence-corrected chi connectivity index (χ1v) is 10.1. The van der Waals surface area contributed by atoms with E-state index in [1.54, 1.807) is 16.8 Å². The van der Waals surface area contributed by atoms with Gasteiger partial charge in [0.25, 0.3) is 5.91 Å². The van der Waals surface area contributed by atoms with Gasteiger partial charge in [0, 0.05) is 43.3 Å². The monoisotopic (exact) mass is 437 g/mol. The number of nitrogens with one attached hydrogen (secondary N) is 1. The van der Waals surface area contributed by atoms with Gasteiger partial charge in [-0.25, -0.2) is 9.37 Å². The highest BCUT2D eigenvalue weighted by molar-refractivity contribution is 5.98. The number of nitrogens with zero attached hydrogens (tertiary/aromatic N) is 5. The summed E-state index contributed by atoms with van der Waals surface area (Å²) in [5.74, 6) is -1.76. The number of halogens is 2. The van der Waals surface area contributed by atoms with Crippen LogP contribution in [0.25, 0.3) is 0 Å². The summed E-state index contributed by atoms with van der Waals surface area (Å²) in [6.07, 6.45) is 3.50. The first-order valence-electron chi connectivity index (χ1n) is 10.1. The molecular weight excluding hydrogens is 416 g/mol. The van der Waals surface area contributed by atoms with Crippen LogP contribution < -0.4 is 11.1 Å². The molecule has 10 heteroatoms. The lowest BCUT2D eigenvalue weighted by Gasteiger charge is -2.35. The minimum atomic E-state index is -0.668. The molecule has 0 bridgehead atoms. The number of rotatable bonds is 6. The number of pyridine rings is 1. The lowest BCUT2D eigenvalue weighted by atomic mass is 9.93. The van der Waals surface area contributed by atoms with Crippen molar-refractivity contribution in [3.63, 3.8) is 0 Å². The molecule has 1 saturated heterocycles. The predicted molar refractivity (Wildman–Crippen MR) is 113 cm³/mol. The van der Waals surface area contributed by atoms with E-state index in [1.165, 1.54) is 36.7 Å². The summed E-state index contributed by atoms with van der Waals surface area (Å²) in [5.41, 5.74) is 6.71. The molecule has 1 fully saturated rings. The first kappa shape index (κ1) is 21.4. The van der Waals surface area contributed by atoms with Crippen LogP contribution in [0.2, 0.25) is 0 Å². The Morgan fingerprint density at radius 3 is 2.75 bits per heavy atom. The maximum absolute atomic E-state index is 13.9. The SMILES string of the molecule is N#CC1CN(Cc2cccnc2F)CCC1n1cc(C(N)=O)c(Nc2ccc(F)cc2)n1. The number of nitrogens with two attached hydrogens (primary N) is 1. The molecule has 0 aliphatic carbocycles. The summed E-state index contributed by atoms with van der Waals surface area (Å²) in [5, 5.41) is 17.2. The standard InChI is InChI=1S/C22H21F2N7O/c23-16-3-5-17(6-4-16)28-22-18(21(26)32)13-31(29-22)19-7-9-30(12-15(19)10-25)11-14-2-1-8-27-20(14)24/h1-6,8,13,15,19H,7,9,11-12H2,(H2,26,32)(H,28,29). The Morgan fingerprint density at radius 2 is 2.06 bits per heavy atom. The molecule has 164 valence electrons. The third-order valence-corrected chi connectivity index (χ3v) is 5.50. The summed E-state index contributed by atoms with van der Waals surface area (Å²) in [6, 6.07) is 11.0. The molecule has 1 aliphatic rings. The number of carbonyl (C=O) groups is 1. The highest BCUT2D eigenvalue weighted by Gasteiger charge is 2.32. The van der Waals surface area contributed by atoms with Gasteiger partial charge in [0.1, 0.15) is 11.4 Å². The number of aromatic nitrogens is 3. The van der Waals surface area contributed by atoms with Crippen LogP contribution >= 0.6 is 0 Å². The Labute approximate surface area is 183 Å². The fourth-order valence-electron chi connectivity index (χ4n) is 3.88. The molecule has 0 spiro atoms. The third-order valence-electron chi connectivity index (χ3n) is 5.50. The molecule has 3 aromatic rings. The average Bonchev–Trinajstić information content (AvgIpc) is 3.20. The molecule has 1 amide bonds. The Kier molecular flexibility index (Phi) is 6.09. The lowest BCUT2D eigenvalue weighted by Crippen LogP contribution is -2.40. The third kappa shape index (κ3) is 4.58. The number of hydrogen-bond acceptors (Lipinski definition) is 6. The van der Waals surface area contributed by atoms with Crippen LogP contribution in [0.5, 0.6) is 0 Å². The van der Waals surface area contributed by atoms with Gasteiger partial charge in [-0.1, -0.05) is 6.07 Å². The molecule has 3 heterocycles. The molecule has 1 aliphatic heterocycles. The van der Waals surface area contributed by atoms with Crippen molar-refractivity contribution >= 4 is 17.4 Å². The number of likely N-dealkylation sites (tertiary alicyclic amines) is 1. The van der Waals surface area contributed by atoms with Crippen molar-refractivity contribution in [2.24, 2.45) is 11.7 Å². The quantitative estimate of drug-likeness (QED) is 0.574. The number of hydrogen-bond donors (Lipinski definition) is 2. The van der Waals surface area contributed by atoms with Crippen molar-refractivity contribution < 1.29 is 13.6 Å². The van der Waals surface area contributed by atoms with E-state index in [0.717, 1.165) is 0 Å². The van der Waals surface area contributed by atoms with Crippen molar-refractivity contribution in [2.75, 3.05) is 18.4 Å². The number of amides is 1. The van der Waals surface area contributed by atoms with Crippen molar-refractivity contribution in [3.8, 4) is 6.07 Å². The summed E-state index contributed by atoms with van der Waals surface area (Å²) in [7, 11) is 0. The second-order valence-corrected chi connectivity index (χ2v) is 7.65. The number of piperidine rings is 1. The topological polar surface area (TPSA) is 113 Å². The minimum absolute atomic E-state index is 0.172. The highest BCUT2D eigenvalue weighted by Crippen LogP contribution is 2.31. The van der Waals surface area contributed by atoms with Crippen LogP contribution in [0.1, 0.15) is 28.4 Å². The van der Waals surface area contributed by atoms with E-state index in [0.29, 0.717) is 37.3 Å². The van der Waals surface area contributed by atoms with Gasteiger partial charge in [-0.15, -0.1) is 0 Å². The summed E-state index contributed by atoms with van der Waals surface area (Å²) < 4.78 is 28.7. The number of nitriles is 1. The molecule has 8 nitrogen and oxygen atoms in total. The van der Waals surface area contributed by atoms with E-state index >= 15 is 0 Å². The van der Waals surface area contributed by atoms with Gasteiger partial charge in [0.2, 0.25) is 5.95 Å².